The molecule has 0 heterocycles. The predicted molar refractivity (Wildman–Crippen MR) is 73.5 cm³/mol. The topological polar surface area (TPSA) is 107 Å². The molecule has 1 aliphatic rings. The Balaban J connectivity index is 2.05. The van der Waals surface area contributed by atoms with Gasteiger partial charge in [0.25, 0.3) is 5.69 Å². The van der Waals surface area contributed by atoms with Gasteiger partial charge in [-0.25, -0.2) is 0 Å². The van der Waals surface area contributed by atoms with Gasteiger partial charge in [-0.15, -0.1) is 0 Å². The molecular formula is C13H9NO6S. The van der Waals surface area contributed by atoms with Crippen molar-refractivity contribution < 1.29 is 22.1 Å². The highest BCUT2D eigenvalue weighted by Gasteiger charge is 2.22. The summed E-state index contributed by atoms with van der Waals surface area (Å²) in [6.45, 7) is 0. The van der Waals surface area contributed by atoms with Crippen LogP contribution in [0.25, 0.3) is 11.1 Å². The molecule has 108 valence electrons. The molecule has 0 aromatic heterocycles. The Morgan fingerprint density at radius 3 is 2.52 bits per heavy atom. The largest absolute Gasteiger partial charge is 0.446 e. The quantitative estimate of drug-likeness (QED) is 0.452. The van der Waals surface area contributed by atoms with E-state index in [1.807, 2.05) is 0 Å². The number of non-ortho nitro benzene ring substituents is 1. The molecule has 0 spiro atoms. The summed E-state index contributed by atoms with van der Waals surface area (Å²) >= 11 is 0. The molecule has 0 saturated heterocycles. The Bertz CT molecular complexity index is 859. The van der Waals surface area contributed by atoms with Gasteiger partial charge < -0.3 is 4.18 Å². The lowest BCUT2D eigenvalue weighted by atomic mass is 10.1. The van der Waals surface area contributed by atoms with Crippen molar-refractivity contribution in [2.24, 2.45) is 0 Å². The summed E-state index contributed by atoms with van der Waals surface area (Å²) in [4.78, 5) is 10.3. The van der Waals surface area contributed by atoms with E-state index in [4.69, 9.17) is 4.55 Å². The number of nitro groups is 1. The maximum atomic E-state index is 10.8. The van der Waals surface area contributed by atoms with Crippen LogP contribution in [0, 0.1) is 10.1 Å². The highest BCUT2D eigenvalue weighted by Crippen LogP contribution is 2.40. The molecule has 7 nitrogen and oxygen atoms in total. The average Bonchev–Trinajstić information content (AvgIpc) is 2.73. The molecule has 21 heavy (non-hydrogen) atoms. The second kappa shape index (κ2) is 4.54. The van der Waals surface area contributed by atoms with Crippen molar-refractivity contribution in [1.82, 2.24) is 0 Å². The average molecular weight is 307 g/mol. The molecule has 3 rings (SSSR count). The molecule has 2 aromatic carbocycles. The molecule has 1 N–H and O–H groups in total. The van der Waals surface area contributed by atoms with Crippen molar-refractivity contribution in [1.29, 1.82) is 0 Å². The van der Waals surface area contributed by atoms with E-state index in [-0.39, 0.29) is 11.4 Å². The third kappa shape index (κ3) is 2.58. The van der Waals surface area contributed by atoms with Gasteiger partial charge in [0.1, 0.15) is 5.75 Å². The van der Waals surface area contributed by atoms with Crippen molar-refractivity contribution >= 4 is 16.1 Å². The van der Waals surface area contributed by atoms with Crippen molar-refractivity contribution in [2.45, 2.75) is 6.42 Å². The third-order valence-corrected chi connectivity index (χ3v) is 3.66. The fraction of sp³-hybridized carbons (Fsp3) is 0.0769. The maximum absolute atomic E-state index is 10.8. The van der Waals surface area contributed by atoms with Crippen molar-refractivity contribution in [2.75, 3.05) is 0 Å². The molecule has 0 radical (unpaired) electrons. The van der Waals surface area contributed by atoms with Crippen molar-refractivity contribution in [3.8, 4) is 16.9 Å². The molecule has 0 unspecified atom stereocenters. The van der Waals surface area contributed by atoms with Gasteiger partial charge in [-0.2, -0.15) is 8.42 Å². The first-order valence-corrected chi connectivity index (χ1v) is 7.27. The number of nitro benzene ring substituents is 1. The summed E-state index contributed by atoms with van der Waals surface area (Å²) in [6, 6.07) is 9.09. The molecule has 0 atom stereocenters. The first-order chi connectivity index (χ1) is 9.83. The normalized spacial score (nSPS) is 12.6. The van der Waals surface area contributed by atoms with E-state index in [1.165, 1.54) is 24.3 Å². The number of nitrogens with zero attached hydrogens (tertiary/aromatic N) is 1. The van der Waals surface area contributed by atoms with E-state index in [9.17, 15) is 18.5 Å². The predicted octanol–water partition coefficient (Wildman–Crippen LogP) is 2.35. The molecule has 0 bridgehead atoms. The van der Waals surface area contributed by atoms with Crippen LogP contribution in [0.4, 0.5) is 5.69 Å². The standard InChI is InChI=1S/C13H9NO6S/c15-14(16)10-2-4-12-9(6-10)5-8-1-3-11(7-13(8)12)20-21(17,18)19/h1-4,6-7H,5H2,(H,17,18,19). The molecular weight excluding hydrogens is 298 g/mol. The fourth-order valence-corrected chi connectivity index (χ4v) is 2.79. The zero-order valence-corrected chi connectivity index (χ0v) is 11.3. The van der Waals surface area contributed by atoms with Gasteiger partial charge >= 0.3 is 10.4 Å². The number of hydrogen-bond donors (Lipinski definition) is 1. The number of hydrogen-bond acceptors (Lipinski definition) is 5. The van der Waals surface area contributed by atoms with E-state index in [0.717, 1.165) is 22.3 Å². The van der Waals surface area contributed by atoms with E-state index in [2.05, 4.69) is 4.18 Å². The Labute approximate surface area is 119 Å². The monoisotopic (exact) mass is 307 g/mol. The Hall–Kier alpha value is -2.45. The smallest absolute Gasteiger partial charge is 0.362 e. The highest BCUT2D eigenvalue weighted by molar-refractivity contribution is 7.81. The maximum Gasteiger partial charge on any atom is 0.446 e. The summed E-state index contributed by atoms with van der Waals surface area (Å²) in [5, 5.41) is 10.8. The second-order valence-corrected chi connectivity index (χ2v) is 5.63. The summed E-state index contributed by atoms with van der Waals surface area (Å²) in [6.07, 6.45) is 0.526. The molecule has 0 saturated carbocycles. The van der Waals surface area contributed by atoms with Gasteiger partial charge in [-0.3, -0.25) is 14.7 Å². The second-order valence-electron chi connectivity index (χ2n) is 4.61. The minimum absolute atomic E-state index is 0.0102. The van der Waals surface area contributed by atoms with Crippen molar-refractivity contribution in [3.63, 3.8) is 0 Å². The first kappa shape index (κ1) is 13.5. The lowest BCUT2D eigenvalue weighted by Crippen LogP contribution is -2.06. The van der Waals surface area contributed by atoms with Crippen LogP contribution in [0.2, 0.25) is 0 Å². The summed E-state index contributed by atoms with van der Waals surface area (Å²) in [7, 11) is -4.58. The van der Waals surface area contributed by atoms with Crippen molar-refractivity contribution in [3.05, 3.63) is 57.6 Å². The molecule has 2 aromatic rings. The van der Waals surface area contributed by atoms with Crippen LogP contribution in [0.1, 0.15) is 11.1 Å². The minimum atomic E-state index is -4.58. The zero-order valence-electron chi connectivity index (χ0n) is 10.5. The SMILES string of the molecule is O=[N+]([O-])c1ccc2c(c1)Cc1ccc(OS(=O)(=O)O)cc1-2. The fourth-order valence-electron chi connectivity index (χ4n) is 2.44. The molecule has 0 amide bonds. The van der Waals surface area contributed by atoms with E-state index in [0.29, 0.717) is 6.42 Å². The van der Waals surface area contributed by atoms with Gasteiger partial charge in [0.15, 0.2) is 0 Å². The van der Waals surface area contributed by atoms with Crippen LogP contribution >= 0.6 is 0 Å². The van der Waals surface area contributed by atoms with Gasteiger partial charge in [-0.05, 0) is 46.9 Å². The summed E-state index contributed by atoms with van der Waals surface area (Å²) in [5.41, 5.74) is 3.24. The van der Waals surface area contributed by atoms with Crippen LogP contribution in [0.3, 0.4) is 0 Å². The van der Waals surface area contributed by atoms with Crippen LogP contribution < -0.4 is 4.18 Å². The van der Waals surface area contributed by atoms with Gasteiger partial charge in [0, 0.05) is 12.1 Å². The van der Waals surface area contributed by atoms with E-state index < -0.39 is 15.3 Å². The minimum Gasteiger partial charge on any atom is -0.362 e. The molecule has 0 aliphatic heterocycles. The van der Waals surface area contributed by atoms with Crippen LogP contribution in [-0.4, -0.2) is 17.9 Å². The Morgan fingerprint density at radius 2 is 1.86 bits per heavy atom. The van der Waals surface area contributed by atoms with Crippen LogP contribution in [0.5, 0.6) is 5.75 Å². The van der Waals surface area contributed by atoms with Gasteiger partial charge in [0.2, 0.25) is 0 Å². The molecule has 8 heteroatoms. The first-order valence-electron chi connectivity index (χ1n) is 5.91. The van der Waals surface area contributed by atoms with Gasteiger partial charge in [0.05, 0.1) is 4.92 Å². The molecule has 1 aliphatic carbocycles. The van der Waals surface area contributed by atoms with E-state index in [1.54, 1.807) is 12.1 Å². The van der Waals surface area contributed by atoms with Gasteiger partial charge in [-0.1, -0.05) is 6.07 Å². The number of fused-ring (bicyclic) bond motifs is 3. The zero-order chi connectivity index (χ0) is 15.2. The lowest BCUT2D eigenvalue weighted by molar-refractivity contribution is -0.384. The lowest BCUT2D eigenvalue weighted by Gasteiger charge is -2.05. The summed E-state index contributed by atoms with van der Waals surface area (Å²) in [5.74, 6) is -0.0116. The van der Waals surface area contributed by atoms with E-state index >= 15 is 0 Å². The summed E-state index contributed by atoms with van der Waals surface area (Å²) < 4.78 is 34.6. The highest BCUT2D eigenvalue weighted by atomic mass is 32.3. The van der Waals surface area contributed by atoms with Crippen LogP contribution in [-0.2, 0) is 16.8 Å². The number of benzene rings is 2. The third-order valence-electron chi connectivity index (χ3n) is 3.25. The molecule has 0 fully saturated rings. The Morgan fingerprint density at radius 1 is 1.10 bits per heavy atom. The van der Waals surface area contributed by atoms with Crippen LogP contribution in [0.15, 0.2) is 36.4 Å². The number of rotatable bonds is 3. The Kier molecular flexibility index (Phi) is 2.92.